The molecule has 2 aromatic heterocycles. The van der Waals surface area contributed by atoms with E-state index in [1.165, 1.54) is 5.56 Å². The van der Waals surface area contributed by atoms with Gasteiger partial charge in [0.25, 0.3) is 5.91 Å². The molecule has 0 saturated carbocycles. The van der Waals surface area contributed by atoms with Crippen LogP contribution in [0.5, 0.6) is 0 Å². The van der Waals surface area contributed by atoms with E-state index in [4.69, 9.17) is 11.6 Å². The number of halogens is 1. The molecule has 3 aromatic rings. The maximum absolute atomic E-state index is 12.8. The van der Waals surface area contributed by atoms with Crippen LogP contribution in [0, 0.1) is 6.92 Å². The number of aromatic nitrogens is 2. The summed E-state index contributed by atoms with van der Waals surface area (Å²) < 4.78 is 1.81. The summed E-state index contributed by atoms with van der Waals surface area (Å²) in [5.74, 6) is -0.0659. The Morgan fingerprint density at radius 2 is 1.96 bits per heavy atom. The first-order valence-corrected chi connectivity index (χ1v) is 9.69. The Morgan fingerprint density at radius 1 is 1.22 bits per heavy atom. The van der Waals surface area contributed by atoms with Gasteiger partial charge in [0, 0.05) is 43.0 Å². The van der Waals surface area contributed by atoms with Crippen molar-refractivity contribution in [2.45, 2.75) is 32.4 Å². The number of nitrogens with one attached hydrogen (secondary N) is 1. The molecule has 0 unspecified atom stereocenters. The maximum Gasteiger partial charge on any atom is 0.270 e. The van der Waals surface area contributed by atoms with Gasteiger partial charge in [-0.25, -0.2) is 4.98 Å². The van der Waals surface area contributed by atoms with Crippen LogP contribution in [-0.2, 0) is 6.54 Å². The van der Waals surface area contributed by atoms with Crippen LogP contribution in [0.2, 0.25) is 5.02 Å². The number of likely N-dealkylation sites (tertiary alicyclic amines) is 1. The number of fused-ring (bicyclic) bond motifs is 1. The molecule has 1 saturated heterocycles. The molecule has 6 heteroatoms. The average molecular weight is 383 g/mol. The van der Waals surface area contributed by atoms with Crippen molar-refractivity contribution in [3.63, 3.8) is 0 Å². The number of pyridine rings is 1. The van der Waals surface area contributed by atoms with E-state index in [1.54, 1.807) is 22.7 Å². The van der Waals surface area contributed by atoms with Gasteiger partial charge in [-0.2, -0.15) is 0 Å². The Kier molecular flexibility index (Phi) is 5.14. The molecular formula is C21H23ClN4O. The highest BCUT2D eigenvalue weighted by molar-refractivity contribution is 6.30. The van der Waals surface area contributed by atoms with Gasteiger partial charge in [-0.3, -0.25) is 14.1 Å². The van der Waals surface area contributed by atoms with Crippen LogP contribution >= 0.6 is 11.6 Å². The van der Waals surface area contributed by atoms with Crippen molar-refractivity contribution < 1.29 is 4.79 Å². The molecule has 0 spiro atoms. The predicted molar refractivity (Wildman–Crippen MR) is 107 cm³/mol. The standard InChI is InChI=1S/C21H23ClN4O/c1-15-20(26-12-7-17(22)13-19(26)23-15)21(27)24-18-8-10-25(11-9-18)14-16-5-3-2-4-6-16/h2-7,12-13,18H,8-11,14H2,1H3,(H,24,27). The highest BCUT2D eigenvalue weighted by Gasteiger charge is 2.24. The van der Waals surface area contributed by atoms with E-state index in [2.05, 4.69) is 39.5 Å². The summed E-state index contributed by atoms with van der Waals surface area (Å²) >= 11 is 6.03. The van der Waals surface area contributed by atoms with Crippen molar-refractivity contribution >= 4 is 23.2 Å². The van der Waals surface area contributed by atoms with E-state index in [1.807, 2.05) is 13.0 Å². The first-order valence-electron chi connectivity index (χ1n) is 9.31. The van der Waals surface area contributed by atoms with Gasteiger partial charge in [-0.1, -0.05) is 41.9 Å². The molecule has 0 aliphatic carbocycles. The molecular weight excluding hydrogens is 360 g/mol. The van der Waals surface area contributed by atoms with Crippen molar-refractivity contribution in [1.29, 1.82) is 0 Å². The number of benzene rings is 1. The summed E-state index contributed by atoms with van der Waals surface area (Å²) in [7, 11) is 0. The normalized spacial score (nSPS) is 15.9. The van der Waals surface area contributed by atoms with Gasteiger partial charge in [-0.05, 0) is 31.4 Å². The van der Waals surface area contributed by atoms with Crippen LogP contribution in [0.15, 0.2) is 48.7 Å². The zero-order valence-corrected chi connectivity index (χ0v) is 16.1. The number of rotatable bonds is 4. The van der Waals surface area contributed by atoms with Crippen molar-refractivity contribution in [1.82, 2.24) is 19.6 Å². The van der Waals surface area contributed by atoms with Gasteiger partial charge in [0.05, 0.1) is 5.69 Å². The highest BCUT2D eigenvalue weighted by Crippen LogP contribution is 2.18. The third-order valence-corrected chi connectivity index (χ3v) is 5.38. The van der Waals surface area contributed by atoms with Crippen LogP contribution in [0.4, 0.5) is 0 Å². The maximum atomic E-state index is 12.8. The Labute approximate surface area is 164 Å². The first-order chi connectivity index (χ1) is 13.1. The number of carbonyl (C=O) groups excluding carboxylic acids is 1. The largest absolute Gasteiger partial charge is 0.348 e. The summed E-state index contributed by atoms with van der Waals surface area (Å²) in [4.78, 5) is 19.7. The van der Waals surface area contributed by atoms with Crippen molar-refractivity contribution in [3.05, 3.63) is 70.6 Å². The quantitative estimate of drug-likeness (QED) is 0.748. The predicted octanol–water partition coefficient (Wildman–Crippen LogP) is 3.69. The first kappa shape index (κ1) is 18.0. The van der Waals surface area contributed by atoms with E-state index in [-0.39, 0.29) is 11.9 Å². The van der Waals surface area contributed by atoms with Crippen LogP contribution in [0.1, 0.15) is 34.6 Å². The minimum atomic E-state index is -0.0659. The summed E-state index contributed by atoms with van der Waals surface area (Å²) in [6, 6.07) is 14.3. The van der Waals surface area contributed by atoms with Crippen LogP contribution < -0.4 is 5.32 Å². The lowest BCUT2D eigenvalue weighted by Gasteiger charge is -2.32. The van der Waals surface area contributed by atoms with Gasteiger partial charge >= 0.3 is 0 Å². The molecule has 4 rings (SSSR count). The molecule has 5 nitrogen and oxygen atoms in total. The summed E-state index contributed by atoms with van der Waals surface area (Å²) in [5, 5.41) is 3.81. The van der Waals surface area contributed by atoms with E-state index >= 15 is 0 Å². The smallest absolute Gasteiger partial charge is 0.270 e. The fourth-order valence-corrected chi connectivity index (χ4v) is 3.90. The zero-order valence-electron chi connectivity index (χ0n) is 15.4. The second-order valence-electron chi connectivity index (χ2n) is 7.13. The summed E-state index contributed by atoms with van der Waals surface area (Å²) in [6.45, 7) is 4.80. The third-order valence-electron chi connectivity index (χ3n) is 5.15. The average Bonchev–Trinajstić information content (AvgIpc) is 2.99. The van der Waals surface area contributed by atoms with E-state index in [0.29, 0.717) is 16.4 Å². The SMILES string of the molecule is Cc1nc2cc(Cl)ccn2c1C(=O)NC1CCN(Cc2ccccc2)CC1. The minimum absolute atomic E-state index is 0.0659. The molecule has 0 radical (unpaired) electrons. The van der Waals surface area contributed by atoms with Crippen LogP contribution in [0.3, 0.4) is 0 Å². The number of amides is 1. The number of aryl methyl sites for hydroxylation is 1. The Bertz CT molecular complexity index is 945. The molecule has 3 heterocycles. The molecule has 0 bridgehead atoms. The van der Waals surface area contributed by atoms with Gasteiger partial charge in [0.2, 0.25) is 0 Å². The van der Waals surface area contributed by atoms with Crippen LogP contribution in [0.25, 0.3) is 5.65 Å². The van der Waals surface area contributed by atoms with E-state index < -0.39 is 0 Å². The lowest BCUT2D eigenvalue weighted by molar-refractivity contribution is 0.0902. The molecule has 27 heavy (non-hydrogen) atoms. The second kappa shape index (κ2) is 7.71. The number of carbonyl (C=O) groups is 1. The molecule has 0 atom stereocenters. The lowest BCUT2D eigenvalue weighted by atomic mass is 10.0. The molecule has 1 aliphatic rings. The topological polar surface area (TPSA) is 49.6 Å². The van der Waals surface area contributed by atoms with Crippen LogP contribution in [-0.4, -0.2) is 39.3 Å². The fraction of sp³-hybridized carbons (Fsp3) is 0.333. The number of hydrogen-bond donors (Lipinski definition) is 1. The molecule has 1 aromatic carbocycles. The molecule has 1 aliphatic heterocycles. The lowest BCUT2D eigenvalue weighted by Crippen LogP contribution is -2.44. The Hall–Kier alpha value is -2.37. The number of nitrogens with zero attached hydrogens (tertiary/aromatic N) is 3. The molecule has 1 fully saturated rings. The monoisotopic (exact) mass is 382 g/mol. The summed E-state index contributed by atoms with van der Waals surface area (Å²) in [5.41, 5.74) is 3.34. The minimum Gasteiger partial charge on any atom is -0.348 e. The van der Waals surface area contributed by atoms with Gasteiger partial charge in [0.15, 0.2) is 0 Å². The van der Waals surface area contributed by atoms with E-state index in [0.717, 1.165) is 38.2 Å². The van der Waals surface area contributed by atoms with Gasteiger partial charge < -0.3 is 5.32 Å². The second-order valence-corrected chi connectivity index (χ2v) is 7.56. The number of hydrogen-bond acceptors (Lipinski definition) is 3. The Morgan fingerprint density at radius 3 is 2.70 bits per heavy atom. The van der Waals surface area contributed by atoms with Crippen molar-refractivity contribution in [2.75, 3.05) is 13.1 Å². The van der Waals surface area contributed by atoms with E-state index in [9.17, 15) is 4.79 Å². The third kappa shape index (κ3) is 3.99. The molecule has 140 valence electrons. The van der Waals surface area contributed by atoms with Crippen molar-refractivity contribution in [2.24, 2.45) is 0 Å². The number of piperidine rings is 1. The fourth-order valence-electron chi connectivity index (χ4n) is 3.74. The zero-order chi connectivity index (χ0) is 18.8. The Balaban J connectivity index is 1.38. The molecule has 1 N–H and O–H groups in total. The van der Waals surface area contributed by atoms with Gasteiger partial charge in [0.1, 0.15) is 11.3 Å². The number of imidazole rings is 1. The van der Waals surface area contributed by atoms with Gasteiger partial charge in [-0.15, -0.1) is 0 Å². The molecule has 1 amide bonds. The van der Waals surface area contributed by atoms with Crippen molar-refractivity contribution in [3.8, 4) is 0 Å². The summed E-state index contributed by atoms with van der Waals surface area (Å²) in [6.07, 6.45) is 3.72. The highest BCUT2D eigenvalue weighted by atomic mass is 35.5.